The summed E-state index contributed by atoms with van der Waals surface area (Å²) in [4.78, 5) is 41.7. The molecule has 1 saturated heterocycles. The van der Waals surface area contributed by atoms with Crippen LogP contribution in [-0.2, 0) is 9.59 Å². The lowest BCUT2D eigenvalue weighted by Gasteiger charge is -2.30. The van der Waals surface area contributed by atoms with Crippen LogP contribution in [0, 0.1) is 0 Å². The Hall–Kier alpha value is -2.76. The van der Waals surface area contributed by atoms with Crippen LogP contribution >= 0.6 is 0 Å². The van der Waals surface area contributed by atoms with Crippen LogP contribution < -0.4 is 10.2 Å². The van der Waals surface area contributed by atoms with Crippen LogP contribution in [0.3, 0.4) is 0 Å². The Balaban J connectivity index is 1.86. The molecule has 1 fully saturated rings. The zero-order valence-electron chi connectivity index (χ0n) is 11.0. The first-order valence-corrected chi connectivity index (χ1v) is 6.72. The summed E-state index contributed by atoms with van der Waals surface area (Å²) >= 11 is 0. The normalized spacial score (nSPS) is 21.0. The number of anilines is 1. The van der Waals surface area contributed by atoms with E-state index >= 15 is 0 Å². The molecule has 1 N–H and O–H groups in total. The number of pyridine rings is 1. The number of amides is 3. The van der Waals surface area contributed by atoms with Gasteiger partial charge in [0.1, 0.15) is 6.04 Å². The van der Waals surface area contributed by atoms with Gasteiger partial charge < -0.3 is 0 Å². The SMILES string of the molecule is O=C1CCC(N2C(=O)c3cccc4nccc2c34)C(=O)N1. The fraction of sp³-hybridized carbons (Fsp3) is 0.200. The molecule has 104 valence electrons. The molecule has 1 aromatic heterocycles. The molecule has 2 aromatic rings. The van der Waals surface area contributed by atoms with E-state index in [-0.39, 0.29) is 18.2 Å². The van der Waals surface area contributed by atoms with E-state index in [1.54, 1.807) is 24.4 Å². The largest absolute Gasteiger partial charge is 0.295 e. The number of nitrogens with zero attached hydrogens (tertiary/aromatic N) is 2. The molecule has 3 amide bonds. The number of rotatable bonds is 1. The number of carbonyl (C=O) groups excluding carboxylic acids is 3. The third kappa shape index (κ3) is 1.59. The highest BCUT2D eigenvalue weighted by Crippen LogP contribution is 2.38. The van der Waals surface area contributed by atoms with Crippen molar-refractivity contribution >= 4 is 34.3 Å². The molecular formula is C15H11N3O3. The Morgan fingerprint density at radius 1 is 1.19 bits per heavy atom. The van der Waals surface area contributed by atoms with Gasteiger partial charge in [-0.25, -0.2) is 0 Å². The third-order valence-electron chi connectivity index (χ3n) is 3.98. The van der Waals surface area contributed by atoms with Crippen LogP contribution in [0.15, 0.2) is 30.5 Å². The van der Waals surface area contributed by atoms with Crippen molar-refractivity contribution in [2.75, 3.05) is 4.90 Å². The number of imide groups is 1. The number of hydrogen-bond acceptors (Lipinski definition) is 4. The topological polar surface area (TPSA) is 79.4 Å². The van der Waals surface area contributed by atoms with Crippen LogP contribution in [0.2, 0.25) is 0 Å². The first kappa shape index (κ1) is 12.0. The number of nitrogens with one attached hydrogen (secondary N) is 1. The van der Waals surface area contributed by atoms with E-state index in [4.69, 9.17) is 0 Å². The molecule has 1 aromatic carbocycles. The molecule has 6 nitrogen and oxygen atoms in total. The molecule has 2 aliphatic rings. The molecule has 1 unspecified atom stereocenters. The zero-order chi connectivity index (χ0) is 14.6. The number of hydrogen-bond donors (Lipinski definition) is 1. The Bertz CT molecular complexity index is 810. The minimum atomic E-state index is -0.645. The Kier molecular flexibility index (Phi) is 2.35. The Morgan fingerprint density at radius 2 is 2.05 bits per heavy atom. The van der Waals surface area contributed by atoms with Crippen molar-refractivity contribution in [1.82, 2.24) is 10.3 Å². The lowest BCUT2D eigenvalue weighted by Crippen LogP contribution is -2.53. The minimum Gasteiger partial charge on any atom is -0.295 e. The van der Waals surface area contributed by atoms with Crippen LogP contribution in [0.4, 0.5) is 5.69 Å². The van der Waals surface area contributed by atoms with Crippen molar-refractivity contribution in [1.29, 1.82) is 0 Å². The maximum Gasteiger partial charge on any atom is 0.259 e. The molecule has 21 heavy (non-hydrogen) atoms. The minimum absolute atomic E-state index is 0.210. The molecule has 2 aliphatic heterocycles. The molecule has 3 heterocycles. The van der Waals surface area contributed by atoms with Crippen LogP contribution in [0.25, 0.3) is 10.9 Å². The van der Waals surface area contributed by atoms with Crippen molar-refractivity contribution in [3.05, 3.63) is 36.0 Å². The van der Waals surface area contributed by atoms with E-state index in [2.05, 4.69) is 10.3 Å². The second-order valence-electron chi connectivity index (χ2n) is 5.17. The molecule has 0 spiro atoms. The average Bonchev–Trinajstić information content (AvgIpc) is 2.75. The molecule has 0 aliphatic carbocycles. The summed E-state index contributed by atoms with van der Waals surface area (Å²) in [7, 11) is 0. The average molecular weight is 281 g/mol. The van der Waals surface area contributed by atoms with Crippen molar-refractivity contribution in [2.24, 2.45) is 0 Å². The smallest absolute Gasteiger partial charge is 0.259 e. The lowest BCUT2D eigenvalue weighted by atomic mass is 10.0. The Morgan fingerprint density at radius 3 is 2.86 bits per heavy atom. The van der Waals surface area contributed by atoms with E-state index in [0.717, 1.165) is 10.9 Å². The van der Waals surface area contributed by atoms with E-state index in [1.807, 2.05) is 6.07 Å². The van der Waals surface area contributed by atoms with Crippen LogP contribution in [0.5, 0.6) is 0 Å². The standard InChI is InChI=1S/C15H11N3O3/c19-12-5-4-11(14(20)17-12)18-10-6-7-16-9-3-1-2-8(13(9)10)15(18)21/h1-3,6-7,11H,4-5H2,(H,17,19,20). The van der Waals surface area contributed by atoms with Crippen LogP contribution in [0.1, 0.15) is 23.2 Å². The van der Waals surface area contributed by atoms with Gasteiger partial charge in [0.15, 0.2) is 0 Å². The summed E-state index contributed by atoms with van der Waals surface area (Å²) in [6.07, 6.45) is 2.21. The molecular weight excluding hydrogens is 270 g/mol. The fourth-order valence-corrected chi connectivity index (χ4v) is 3.04. The summed E-state index contributed by atoms with van der Waals surface area (Å²) in [6, 6.07) is 6.44. The molecule has 1 atom stereocenters. The van der Waals surface area contributed by atoms with Crippen molar-refractivity contribution in [2.45, 2.75) is 18.9 Å². The van der Waals surface area contributed by atoms with E-state index < -0.39 is 11.9 Å². The van der Waals surface area contributed by atoms with Crippen LogP contribution in [-0.4, -0.2) is 28.7 Å². The molecule has 4 rings (SSSR count). The molecule has 6 heteroatoms. The van der Waals surface area contributed by atoms with Gasteiger partial charge in [-0.1, -0.05) is 6.07 Å². The number of piperidine rings is 1. The van der Waals surface area contributed by atoms with Gasteiger partial charge in [0.05, 0.1) is 16.8 Å². The highest BCUT2D eigenvalue weighted by molar-refractivity contribution is 6.26. The monoisotopic (exact) mass is 281 g/mol. The summed E-state index contributed by atoms with van der Waals surface area (Å²) in [5, 5.41) is 3.07. The third-order valence-corrected chi connectivity index (χ3v) is 3.98. The van der Waals surface area contributed by atoms with Gasteiger partial charge in [0, 0.05) is 18.0 Å². The first-order valence-electron chi connectivity index (χ1n) is 6.72. The van der Waals surface area contributed by atoms with Gasteiger partial charge in [-0.15, -0.1) is 0 Å². The molecule has 0 bridgehead atoms. The van der Waals surface area contributed by atoms with Crippen molar-refractivity contribution < 1.29 is 14.4 Å². The summed E-state index contributed by atoms with van der Waals surface area (Å²) in [6.45, 7) is 0. The van der Waals surface area contributed by atoms with Gasteiger partial charge in [0.2, 0.25) is 11.8 Å². The quantitative estimate of drug-likeness (QED) is 0.791. The fourth-order valence-electron chi connectivity index (χ4n) is 3.04. The van der Waals surface area contributed by atoms with Gasteiger partial charge in [-0.3, -0.25) is 29.6 Å². The summed E-state index contributed by atoms with van der Waals surface area (Å²) < 4.78 is 0. The van der Waals surface area contributed by atoms with Gasteiger partial charge in [-0.05, 0) is 24.6 Å². The maximum absolute atomic E-state index is 12.6. The van der Waals surface area contributed by atoms with E-state index in [0.29, 0.717) is 17.7 Å². The van der Waals surface area contributed by atoms with Crippen molar-refractivity contribution in [3.8, 4) is 0 Å². The predicted molar refractivity (Wildman–Crippen MR) is 74.7 cm³/mol. The number of carbonyl (C=O) groups is 3. The van der Waals surface area contributed by atoms with Gasteiger partial charge in [0.25, 0.3) is 5.91 Å². The van der Waals surface area contributed by atoms with Gasteiger partial charge in [-0.2, -0.15) is 0 Å². The number of benzene rings is 1. The Labute approximate surface area is 119 Å². The van der Waals surface area contributed by atoms with E-state index in [9.17, 15) is 14.4 Å². The highest BCUT2D eigenvalue weighted by atomic mass is 16.2. The zero-order valence-corrected chi connectivity index (χ0v) is 11.0. The predicted octanol–water partition coefficient (Wildman–Crippen LogP) is 1.00. The maximum atomic E-state index is 12.6. The van der Waals surface area contributed by atoms with Gasteiger partial charge >= 0.3 is 0 Å². The number of aromatic nitrogens is 1. The molecule has 0 saturated carbocycles. The highest BCUT2D eigenvalue weighted by Gasteiger charge is 2.40. The second-order valence-corrected chi connectivity index (χ2v) is 5.17. The summed E-state index contributed by atoms with van der Waals surface area (Å²) in [5.74, 6) is -0.921. The van der Waals surface area contributed by atoms with Crippen molar-refractivity contribution in [3.63, 3.8) is 0 Å². The lowest BCUT2D eigenvalue weighted by molar-refractivity contribution is -0.134. The second kappa shape index (κ2) is 4.12. The summed E-state index contributed by atoms with van der Waals surface area (Å²) in [5.41, 5.74) is 1.98. The first-order chi connectivity index (χ1) is 10.2. The van der Waals surface area contributed by atoms with E-state index in [1.165, 1.54) is 4.90 Å². The molecule has 0 radical (unpaired) electrons.